The second-order valence-electron chi connectivity index (χ2n) is 11.8. The molecule has 48 heavy (non-hydrogen) atoms. The number of carbonyl (C=O) groups is 2. The first-order valence-corrected chi connectivity index (χ1v) is 15.9. The molecular formula is C35H34F2N8O3. The fraction of sp³-hybridized carbons (Fsp3) is 0.286. The lowest BCUT2D eigenvalue weighted by molar-refractivity contribution is -0.131. The molecule has 11 nitrogen and oxygen atoms in total. The maximum Gasteiger partial charge on any atom is 0.270 e. The molecule has 7 rings (SSSR count). The van der Waals surface area contributed by atoms with Gasteiger partial charge in [-0.1, -0.05) is 29.5 Å². The number of methoxy groups -OCH3 is 1. The van der Waals surface area contributed by atoms with Gasteiger partial charge in [0.25, 0.3) is 5.91 Å². The van der Waals surface area contributed by atoms with E-state index in [2.05, 4.69) is 25.2 Å². The summed E-state index contributed by atoms with van der Waals surface area (Å²) >= 11 is 0. The van der Waals surface area contributed by atoms with Crippen molar-refractivity contribution in [3.8, 4) is 16.9 Å². The summed E-state index contributed by atoms with van der Waals surface area (Å²) < 4.78 is 38.8. The van der Waals surface area contributed by atoms with E-state index in [-0.39, 0.29) is 47.1 Å². The van der Waals surface area contributed by atoms with Crippen molar-refractivity contribution in [2.45, 2.75) is 19.4 Å². The Kier molecular flexibility index (Phi) is 8.57. The van der Waals surface area contributed by atoms with Gasteiger partial charge in [0, 0.05) is 74.6 Å². The van der Waals surface area contributed by atoms with Crippen LogP contribution in [0.3, 0.4) is 0 Å². The topological polar surface area (TPSA) is 112 Å². The molecule has 0 radical (unpaired) electrons. The quantitative estimate of drug-likeness (QED) is 0.257. The summed E-state index contributed by atoms with van der Waals surface area (Å²) in [6, 6.07) is 13.2. The van der Waals surface area contributed by atoms with Gasteiger partial charge in [0.1, 0.15) is 11.5 Å². The van der Waals surface area contributed by atoms with Gasteiger partial charge in [0.2, 0.25) is 5.91 Å². The van der Waals surface area contributed by atoms with Gasteiger partial charge in [-0.3, -0.25) is 14.3 Å². The Balaban J connectivity index is 1.18. The SMILES string of the molecule is COc1cccnc1N1CCN(C(=O)c2cc3c(-c4ccccc4F)cc(C4=CCCN(C(=O)CCn5ccnn5)C4)c(F)c3[nH]2)CC1. The summed E-state index contributed by atoms with van der Waals surface area (Å²) in [5, 5.41) is 8.09. The zero-order chi connectivity index (χ0) is 33.2. The molecule has 2 aromatic carbocycles. The molecule has 2 amide bonds. The standard InChI is InChI=1S/C35H34F2N8O3/c1-48-30-9-4-11-38-34(30)42-16-18-43(19-17-42)35(47)29-21-27-26(24-7-2-3-8-28(24)36)20-25(32(37)33(27)40-29)23-6-5-13-44(22-23)31(46)10-14-45-15-12-39-41-45/h2-4,6-9,11-12,15,20-21,40H,5,10,13-14,16-19,22H2,1H3. The number of rotatable bonds is 8. The number of piperazine rings is 1. The Morgan fingerprint density at radius 1 is 0.938 bits per heavy atom. The first-order valence-electron chi connectivity index (χ1n) is 15.9. The van der Waals surface area contributed by atoms with E-state index in [9.17, 15) is 9.59 Å². The fourth-order valence-corrected chi connectivity index (χ4v) is 6.45. The molecule has 1 N–H and O–H groups in total. The zero-order valence-corrected chi connectivity index (χ0v) is 26.4. The highest BCUT2D eigenvalue weighted by Crippen LogP contribution is 2.38. The van der Waals surface area contributed by atoms with E-state index >= 15 is 8.78 Å². The lowest BCUT2D eigenvalue weighted by Crippen LogP contribution is -2.49. The molecule has 5 aromatic rings. The number of aryl methyl sites for hydroxylation is 1. The zero-order valence-electron chi connectivity index (χ0n) is 26.4. The van der Waals surface area contributed by atoms with Crippen LogP contribution < -0.4 is 9.64 Å². The molecule has 246 valence electrons. The van der Waals surface area contributed by atoms with Crippen LogP contribution in [0.1, 0.15) is 28.9 Å². The molecule has 1 fully saturated rings. The van der Waals surface area contributed by atoms with Crippen LogP contribution in [0.15, 0.2) is 73.2 Å². The molecular weight excluding hydrogens is 618 g/mol. The van der Waals surface area contributed by atoms with Crippen LogP contribution in [-0.2, 0) is 11.3 Å². The molecule has 13 heteroatoms. The largest absolute Gasteiger partial charge is 0.493 e. The van der Waals surface area contributed by atoms with Crippen molar-refractivity contribution in [3.63, 3.8) is 0 Å². The number of aromatic nitrogens is 5. The molecule has 0 unspecified atom stereocenters. The molecule has 5 heterocycles. The van der Waals surface area contributed by atoms with Crippen molar-refractivity contribution in [2.24, 2.45) is 0 Å². The van der Waals surface area contributed by atoms with Crippen LogP contribution in [0.4, 0.5) is 14.6 Å². The van der Waals surface area contributed by atoms with Gasteiger partial charge in [-0.15, -0.1) is 5.10 Å². The average Bonchev–Trinajstić information content (AvgIpc) is 3.82. The van der Waals surface area contributed by atoms with Crippen LogP contribution in [0.25, 0.3) is 27.6 Å². The van der Waals surface area contributed by atoms with E-state index in [0.29, 0.717) is 73.8 Å². The fourth-order valence-electron chi connectivity index (χ4n) is 6.45. The minimum atomic E-state index is -0.556. The van der Waals surface area contributed by atoms with Crippen molar-refractivity contribution in [3.05, 3.63) is 96.1 Å². The number of hydrogen-bond acceptors (Lipinski definition) is 7. The summed E-state index contributed by atoms with van der Waals surface area (Å²) in [5.74, 6) is -0.00324. The van der Waals surface area contributed by atoms with Crippen LogP contribution in [0, 0.1) is 11.6 Å². The summed E-state index contributed by atoms with van der Waals surface area (Å²) in [7, 11) is 1.60. The van der Waals surface area contributed by atoms with Crippen molar-refractivity contribution >= 4 is 34.1 Å². The van der Waals surface area contributed by atoms with Crippen molar-refractivity contribution in [2.75, 3.05) is 51.3 Å². The van der Waals surface area contributed by atoms with Crippen molar-refractivity contribution in [1.29, 1.82) is 0 Å². The summed E-state index contributed by atoms with van der Waals surface area (Å²) in [4.78, 5) is 39.9. The number of pyridine rings is 1. The lowest BCUT2D eigenvalue weighted by atomic mass is 9.93. The minimum absolute atomic E-state index is 0.0822. The van der Waals surface area contributed by atoms with E-state index in [1.807, 2.05) is 12.1 Å². The van der Waals surface area contributed by atoms with Gasteiger partial charge in [-0.2, -0.15) is 0 Å². The van der Waals surface area contributed by atoms with Gasteiger partial charge in [-0.25, -0.2) is 13.8 Å². The number of amides is 2. The highest BCUT2D eigenvalue weighted by atomic mass is 19.1. The first kappa shape index (κ1) is 31.0. The number of anilines is 1. The minimum Gasteiger partial charge on any atom is -0.493 e. The molecule has 0 aliphatic carbocycles. The lowest BCUT2D eigenvalue weighted by Gasteiger charge is -2.35. The Hall–Kier alpha value is -5.59. The normalized spacial score (nSPS) is 15.1. The third-order valence-corrected chi connectivity index (χ3v) is 8.96. The smallest absolute Gasteiger partial charge is 0.270 e. The molecule has 3 aromatic heterocycles. The third kappa shape index (κ3) is 5.98. The number of benzene rings is 2. The first-order chi connectivity index (χ1) is 23.4. The Morgan fingerprint density at radius 2 is 1.77 bits per heavy atom. The van der Waals surface area contributed by atoms with Crippen molar-refractivity contribution < 1.29 is 23.1 Å². The molecule has 0 atom stereocenters. The second kappa shape index (κ2) is 13.3. The van der Waals surface area contributed by atoms with Crippen LogP contribution in [0.2, 0.25) is 0 Å². The highest BCUT2D eigenvalue weighted by molar-refractivity contribution is 6.04. The molecule has 2 aliphatic rings. The van der Waals surface area contributed by atoms with E-state index in [1.54, 1.807) is 76.6 Å². The van der Waals surface area contributed by atoms with E-state index < -0.39 is 11.6 Å². The predicted octanol–water partition coefficient (Wildman–Crippen LogP) is 4.78. The average molecular weight is 653 g/mol. The van der Waals surface area contributed by atoms with Crippen LogP contribution >= 0.6 is 0 Å². The number of carbonyl (C=O) groups excluding carboxylic acids is 2. The van der Waals surface area contributed by atoms with Crippen LogP contribution in [0.5, 0.6) is 5.75 Å². The number of fused-ring (bicyclic) bond motifs is 1. The van der Waals surface area contributed by atoms with Gasteiger partial charge >= 0.3 is 0 Å². The number of ether oxygens (including phenoxy) is 1. The third-order valence-electron chi connectivity index (χ3n) is 8.96. The molecule has 0 spiro atoms. The van der Waals surface area contributed by atoms with Gasteiger partial charge in [0.05, 0.1) is 25.4 Å². The number of nitrogens with zero attached hydrogens (tertiary/aromatic N) is 7. The van der Waals surface area contributed by atoms with E-state index in [0.717, 1.165) is 0 Å². The monoisotopic (exact) mass is 652 g/mol. The maximum atomic E-state index is 16.5. The van der Waals surface area contributed by atoms with Crippen LogP contribution in [-0.4, -0.2) is 93.0 Å². The molecule has 1 saturated heterocycles. The highest BCUT2D eigenvalue weighted by Gasteiger charge is 2.28. The Morgan fingerprint density at radius 3 is 2.54 bits per heavy atom. The number of hydrogen-bond donors (Lipinski definition) is 1. The maximum absolute atomic E-state index is 16.5. The molecule has 0 saturated carbocycles. The van der Waals surface area contributed by atoms with Crippen molar-refractivity contribution in [1.82, 2.24) is 34.8 Å². The van der Waals surface area contributed by atoms with E-state index in [1.165, 1.54) is 6.07 Å². The summed E-state index contributed by atoms with van der Waals surface area (Å²) in [5.41, 5.74) is 1.95. The summed E-state index contributed by atoms with van der Waals surface area (Å²) in [6.07, 6.45) is 7.64. The van der Waals surface area contributed by atoms with E-state index in [4.69, 9.17) is 4.74 Å². The van der Waals surface area contributed by atoms with Gasteiger partial charge in [0.15, 0.2) is 17.4 Å². The Bertz CT molecular complexity index is 2000. The molecule has 0 bridgehead atoms. The second-order valence-corrected chi connectivity index (χ2v) is 11.8. The molecule has 2 aliphatic heterocycles. The Labute approximate surface area is 275 Å². The summed E-state index contributed by atoms with van der Waals surface area (Å²) in [6.45, 7) is 3.03. The predicted molar refractivity (Wildman–Crippen MR) is 176 cm³/mol. The van der Waals surface area contributed by atoms with Gasteiger partial charge in [-0.05, 0) is 47.9 Å². The number of halogens is 2. The number of H-pyrrole nitrogens is 1. The number of aromatic amines is 1. The van der Waals surface area contributed by atoms with Gasteiger partial charge < -0.3 is 24.4 Å². The number of nitrogens with one attached hydrogen (secondary N) is 1.